The number of rotatable bonds is 8. The number of halogens is 2. The van der Waals surface area contributed by atoms with E-state index in [0.29, 0.717) is 0 Å². The standard InChI is InChI=1S/2C24H33Si2.C2H6Si.2ClH.Zr/c2*1-9-18-10-11-19-12-17(2)13-23(19)24(18)20-14-21(25(3,4)5)16-22(15-20)26(6,7)8;1-3-2;;;/h2*10-16H,9H2,1-8H3;1-2H3;2*1H;/q2*-1;;;;+4/p-2. The first-order valence-corrected chi connectivity index (χ1v) is 43.4. The van der Waals surface area contributed by atoms with Crippen LogP contribution in [0.25, 0.3) is 43.8 Å². The zero-order chi connectivity index (χ0) is 44.0. The SMILES string of the molecule is CCc1ccc2[cH-]c(C)cc2c1-c1cc([Si](C)(C)C)cc([Si](C)(C)C)c1.CCc1ccc2[cH-]c(C)cc2c1-c1cc([Si](C)(C)C)cc([Si](C)(C)C)c1.C[Si]C.[Cl][Zr+2][Cl]. The average Bonchev–Trinajstić information content (AvgIpc) is 3.70. The van der Waals surface area contributed by atoms with Crippen molar-refractivity contribution >= 4 is 101 Å². The van der Waals surface area contributed by atoms with Gasteiger partial charge < -0.3 is 0 Å². The van der Waals surface area contributed by atoms with Crippen LogP contribution >= 0.6 is 17.0 Å². The average molecular weight is 976 g/mol. The third-order valence-corrected chi connectivity index (χ3v) is 19.0. The van der Waals surface area contributed by atoms with Crippen molar-refractivity contribution in [3.05, 3.63) is 107 Å². The number of hydrogen-bond acceptors (Lipinski definition) is 0. The van der Waals surface area contributed by atoms with Crippen LogP contribution in [0.15, 0.2) is 84.9 Å². The summed E-state index contributed by atoms with van der Waals surface area (Å²) in [4.78, 5) is 0. The molecule has 0 aliphatic rings. The molecule has 0 N–H and O–H groups in total. The minimum atomic E-state index is -1.38. The van der Waals surface area contributed by atoms with E-state index in [-0.39, 0.29) is 0 Å². The summed E-state index contributed by atoms with van der Waals surface area (Å²) in [7, 11) is 5.45. The zero-order valence-corrected chi connectivity index (χ0v) is 48.2. The number of aryl methyl sites for hydroxylation is 4. The van der Waals surface area contributed by atoms with Gasteiger partial charge in [0.25, 0.3) is 0 Å². The van der Waals surface area contributed by atoms with Crippen molar-refractivity contribution in [2.24, 2.45) is 0 Å². The van der Waals surface area contributed by atoms with E-state index >= 15 is 0 Å². The molecule has 0 spiro atoms. The van der Waals surface area contributed by atoms with E-state index in [1.54, 1.807) is 20.7 Å². The quantitative estimate of drug-likeness (QED) is 0.105. The topological polar surface area (TPSA) is 0 Å². The number of fused-ring (bicyclic) bond motifs is 2. The molecule has 6 rings (SSSR count). The van der Waals surface area contributed by atoms with Crippen LogP contribution in [0.5, 0.6) is 0 Å². The normalized spacial score (nSPS) is 11.9. The second-order valence-electron chi connectivity index (χ2n) is 20.1. The van der Waals surface area contributed by atoms with Crippen molar-refractivity contribution in [3.8, 4) is 22.3 Å². The molecule has 310 valence electrons. The molecule has 0 amide bonds. The van der Waals surface area contributed by atoms with Gasteiger partial charge in [-0.15, -0.1) is 69.1 Å². The van der Waals surface area contributed by atoms with Gasteiger partial charge in [-0.05, 0) is 24.0 Å². The monoisotopic (exact) mass is 972 g/mol. The molecule has 6 aromatic rings. The van der Waals surface area contributed by atoms with Gasteiger partial charge in [0, 0.05) is 9.52 Å². The predicted octanol–water partition coefficient (Wildman–Crippen LogP) is 14.5. The van der Waals surface area contributed by atoms with Gasteiger partial charge in [-0.2, -0.15) is 12.1 Å². The summed E-state index contributed by atoms with van der Waals surface area (Å²) in [5.74, 6) is 0. The van der Waals surface area contributed by atoms with E-state index in [1.807, 2.05) is 0 Å². The summed E-state index contributed by atoms with van der Waals surface area (Å²) in [6.07, 6.45) is 2.16. The molecule has 0 aliphatic carbocycles. The molecule has 0 fully saturated rings. The van der Waals surface area contributed by atoms with E-state index in [1.165, 1.54) is 66.1 Å². The van der Waals surface area contributed by atoms with Gasteiger partial charge in [0.15, 0.2) is 0 Å². The summed E-state index contributed by atoms with van der Waals surface area (Å²) >= 11 is -0.826. The van der Waals surface area contributed by atoms with Crippen molar-refractivity contribution in [3.63, 3.8) is 0 Å². The van der Waals surface area contributed by atoms with Gasteiger partial charge in [-0.25, -0.2) is 0 Å². The predicted molar refractivity (Wildman–Crippen MR) is 279 cm³/mol. The Labute approximate surface area is 380 Å². The van der Waals surface area contributed by atoms with Crippen molar-refractivity contribution < 1.29 is 20.8 Å². The number of benzene rings is 4. The Morgan fingerprint density at radius 3 is 0.966 bits per heavy atom. The van der Waals surface area contributed by atoms with Gasteiger partial charge in [0.1, 0.15) is 0 Å². The fraction of sp³-hybridized carbons (Fsp3) is 0.400. The van der Waals surface area contributed by atoms with Crippen LogP contribution in [0, 0.1) is 13.8 Å². The fourth-order valence-corrected chi connectivity index (χ4v) is 12.5. The molecule has 58 heavy (non-hydrogen) atoms. The van der Waals surface area contributed by atoms with Gasteiger partial charge in [-0.3, -0.25) is 0 Å². The van der Waals surface area contributed by atoms with Crippen molar-refractivity contribution in [1.29, 1.82) is 0 Å². The molecule has 0 aromatic heterocycles. The van der Waals surface area contributed by atoms with Crippen LogP contribution in [0.2, 0.25) is 91.7 Å². The Morgan fingerprint density at radius 1 is 0.483 bits per heavy atom. The second-order valence-corrected chi connectivity index (χ2v) is 45.2. The first-order valence-electron chi connectivity index (χ1n) is 21.1. The molecule has 0 heterocycles. The zero-order valence-electron chi connectivity index (χ0n) is 39.3. The van der Waals surface area contributed by atoms with E-state index in [2.05, 4.69) is 204 Å². The summed E-state index contributed by atoms with van der Waals surface area (Å²) < 4.78 is 0. The molecular formula is C50H72Cl2Si5Zr. The summed E-state index contributed by atoms with van der Waals surface area (Å²) in [5, 5.41) is 12.0. The van der Waals surface area contributed by atoms with Crippen LogP contribution in [-0.4, -0.2) is 41.8 Å². The van der Waals surface area contributed by atoms with Gasteiger partial charge in [0.05, 0.1) is 32.3 Å². The maximum absolute atomic E-state index is 4.93. The van der Waals surface area contributed by atoms with E-state index < -0.39 is 53.1 Å². The Balaban J connectivity index is 0.000000273. The summed E-state index contributed by atoms with van der Waals surface area (Å²) in [5.41, 5.74) is 11.5. The minimum absolute atomic E-state index is 0.826. The van der Waals surface area contributed by atoms with E-state index in [4.69, 9.17) is 17.0 Å². The first-order chi connectivity index (χ1) is 26.8. The van der Waals surface area contributed by atoms with Crippen LogP contribution < -0.4 is 20.7 Å². The molecule has 0 saturated carbocycles. The van der Waals surface area contributed by atoms with Gasteiger partial charge in [0.2, 0.25) is 0 Å². The van der Waals surface area contributed by atoms with E-state index in [0.717, 1.165) is 22.4 Å². The van der Waals surface area contributed by atoms with Gasteiger partial charge >= 0.3 is 37.9 Å². The van der Waals surface area contributed by atoms with Crippen LogP contribution in [0.1, 0.15) is 36.1 Å². The number of hydrogen-bond donors (Lipinski definition) is 0. The van der Waals surface area contributed by atoms with Crippen LogP contribution in [-0.2, 0) is 33.7 Å². The Bertz CT molecular complexity index is 2050. The Morgan fingerprint density at radius 2 is 0.741 bits per heavy atom. The summed E-state index contributed by atoms with van der Waals surface area (Å²) in [6, 6.07) is 33.8. The fourth-order valence-electron chi connectivity index (χ4n) is 7.50. The van der Waals surface area contributed by atoms with Crippen molar-refractivity contribution in [2.75, 3.05) is 0 Å². The molecule has 8 heteroatoms. The van der Waals surface area contributed by atoms with Crippen LogP contribution in [0.4, 0.5) is 0 Å². The molecule has 0 bridgehead atoms. The molecule has 0 nitrogen and oxygen atoms in total. The Hall–Kier alpha value is -1.35. The van der Waals surface area contributed by atoms with Crippen molar-refractivity contribution in [1.82, 2.24) is 0 Å². The third-order valence-electron chi connectivity index (χ3n) is 10.9. The molecule has 0 atom stereocenters. The third kappa shape index (κ3) is 13.3. The summed E-state index contributed by atoms with van der Waals surface area (Å²) in [6.45, 7) is 42.9. The maximum atomic E-state index is 4.93. The molecular weight excluding hydrogens is 903 g/mol. The molecule has 6 aromatic carbocycles. The van der Waals surface area contributed by atoms with Crippen LogP contribution in [0.3, 0.4) is 0 Å². The van der Waals surface area contributed by atoms with Gasteiger partial charge in [-0.1, -0.05) is 199 Å². The Kier molecular flexibility index (Phi) is 18.6. The first kappa shape index (κ1) is 51.0. The van der Waals surface area contributed by atoms with Crippen molar-refractivity contribution in [2.45, 2.75) is 132 Å². The second kappa shape index (κ2) is 21.1. The molecule has 0 unspecified atom stereocenters. The van der Waals surface area contributed by atoms with E-state index in [9.17, 15) is 0 Å². The molecule has 2 radical (unpaired) electrons. The molecule has 0 saturated heterocycles. The molecule has 0 aliphatic heterocycles.